The molecule has 8 nitrogen and oxygen atoms in total. The monoisotopic (exact) mass is 496 g/mol. The molecule has 36 heavy (non-hydrogen) atoms. The fourth-order valence-electron chi connectivity index (χ4n) is 3.85. The Morgan fingerprint density at radius 2 is 1.69 bits per heavy atom. The molecular weight excluding hydrogens is 456 g/mol. The summed E-state index contributed by atoms with van der Waals surface area (Å²) in [4.78, 5) is 39.3. The normalized spacial score (nSPS) is 12.6. The molecule has 0 spiro atoms. The maximum Gasteiger partial charge on any atom is 0.249 e. The van der Waals surface area contributed by atoms with E-state index in [4.69, 9.17) is 5.73 Å². The van der Waals surface area contributed by atoms with Crippen LogP contribution < -0.4 is 21.3 Å². The summed E-state index contributed by atoms with van der Waals surface area (Å²) in [6, 6.07) is 12.5. The number of likely N-dealkylation sites (N-methyl/N-ethyl adjacent to an activating group) is 1. The molecule has 2 atom stereocenters. The number of nitrogens with one attached hydrogen (secondary N) is 2. The van der Waals surface area contributed by atoms with Crippen LogP contribution in [-0.4, -0.2) is 48.5 Å². The zero-order valence-electron chi connectivity index (χ0n) is 21.8. The van der Waals surface area contributed by atoms with Gasteiger partial charge in [-0.05, 0) is 67.9 Å². The van der Waals surface area contributed by atoms with E-state index in [9.17, 15) is 19.5 Å². The highest BCUT2D eigenvalue weighted by Gasteiger charge is 2.24. The van der Waals surface area contributed by atoms with Crippen molar-refractivity contribution < 1.29 is 19.5 Å². The minimum absolute atomic E-state index is 0.0394. The zero-order valence-corrected chi connectivity index (χ0v) is 21.8. The smallest absolute Gasteiger partial charge is 0.249 e. The average molecular weight is 497 g/mol. The summed E-state index contributed by atoms with van der Waals surface area (Å²) in [5, 5.41) is 15.1. The Kier molecular flexibility index (Phi) is 11.4. The molecule has 0 radical (unpaired) electrons. The Labute approximate surface area is 214 Å². The topological polar surface area (TPSA) is 125 Å². The van der Waals surface area contributed by atoms with Crippen molar-refractivity contribution in [2.24, 2.45) is 11.7 Å². The van der Waals surface area contributed by atoms with Crippen molar-refractivity contribution >= 4 is 23.4 Å². The molecule has 0 bridgehead atoms. The standard InChI is InChI=1S/C28H40N4O4/c1-19(2)16-17-30-26(34)11-7-9-22-8-5-6-10-25(22)32(4)28(36)20(3)31-27(35)24(29)18-21-12-14-23(33)15-13-21/h5-6,8,10,12-15,19-20,24,33H,7,9,11,16-18,29H2,1-4H3,(H,30,34)(H,31,35)/t20-,24-/m0/s1. The van der Waals surface area contributed by atoms with Gasteiger partial charge in [0.15, 0.2) is 0 Å². The van der Waals surface area contributed by atoms with Crippen LogP contribution in [0.15, 0.2) is 48.5 Å². The van der Waals surface area contributed by atoms with Crippen molar-refractivity contribution in [1.29, 1.82) is 0 Å². The molecular formula is C28H40N4O4. The number of aryl methyl sites for hydroxylation is 1. The van der Waals surface area contributed by atoms with Crippen molar-refractivity contribution in [1.82, 2.24) is 10.6 Å². The Balaban J connectivity index is 1.90. The van der Waals surface area contributed by atoms with Gasteiger partial charge in [0.1, 0.15) is 11.8 Å². The average Bonchev–Trinajstić information content (AvgIpc) is 2.84. The van der Waals surface area contributed by atoms with Gasteiger partial charge in [-0.2, -0.15) is 0 Å². The fourth-order valence-corrected chi connectivity index (χ4v) is 3.85. The van der Waals surface area contributed by atoms with Crippen molar-refractivity contribution in [2.45, 2.75) is 65.0 Å². The van der Waals surface area contributed by atoms with Gasteiger partial charge >= 0.3 is 0 Å². The number of carbonyl (C=O) groups is 3. The van der Waals surface area contributed by atoms with Gasteiger partial charge < -0.3 is 26.4 Å². The molecule has 0 saturated heterocycles. The van der Waals surface area contributed by atoms with Gasteiger partial charge in [0.25, 0.3) is 0 Å². The third kappa shape index (κ3) is 9.34. The van der Waals surface area contributed by atoms with E-state index in [1.807, 2.05) is 24.3 Å². The lowest BCUT2D eigenvalue weighted by Crippen LogP contribution is -2.51. The van der Waals surface area contributed by atoms with Crippen molar-refractivity contribution in [3.05, 3.63) is 59.7 Å². The van der Waals surface area contributed by atoms with Crippen LogP contribution in [-0.2, 0) is 27.2 Å². The molecule has 2 aromatic carbocycles. The second-order valence-electron chi connectivity index (χ2n) is 9.62. The quantitative estimate of drug-likeness (QED) is 0.339. The van der Waals surface area contributed by atoms with E-state index in [2.05, 4.69) is 24.5 Å². The Hall–Kier alpha value is -3.39. The van der Waals surface area contributed by atoms with E-state index >= 15 is 0 Å². The lowest BCUT2D eigenvalue weighted by molar-refractivity contribution is -0.127. The summed E-state index contributed by atoms with van der Waals surface area (Å²) in [5.74, 6) is 0.0438. The summed E-state index contributed by atoms with van der Waals surface area (Å²) in [5.41, 5.74) is 8.56. The van der Waals surface area contributed by atoms with Gasteiger partial charge in [-0.25, -0.2) is 0 Å². The first-order valence-corrected chi connectivity index (χ1v) is 12.5. The van der Waals surface area contributed by atoms with Crippen LogP contribution >= 0.6 is 0 Å². The van der Waals surface area contributed by atoms with Gasteiger partial charge in [0, 0.05) is 25.7 Å². The fraction of sp³-hybridized carbons (Fsp3) is 0.464. The predicted molar refractivity (Wildman–Crippen MR) is 143 cm³/mol. The van der Waals surface area contributed by atoms with E-state index in [1.54, 1.807) is 26.1 Å². The van der Waals surface area contributed by atoms with Crippen molar-refractivity contribution in [2.75, 3.05) is 18.5 Å². The van der Waals surface area contributed by atoms with Crippen LogP contribution in [0.1, 0.15) is 51.2 Å². The summed E-state index contributed by atoms with van der Waals surface area (Å²) < 4.78 is 0. The van der Waals surface area contributed by atoms with E-state index in [0.29, 0.717) is 31.7 Å². The molecule has 0 aliphatic rings. The molecule has 8 heteroatoms. The SMILES string of the molecule is CC(C)CCNC(=O)CCCc1ccccc1N(C)C(=O)[C@H](C)NC(=O)[C@@H](N)Cc1ccc(O)cc1. The maximum atomic E-state index is 13.1. The first-order valence-electron chi connectivity index (χ1n) is 12.5. The summed E-state index contributed by atoms with van der Waals surface area (Å²) in [6.45, 7) is 6.57. The van der Waals surface area contributed by atoms with E-state index in [-0.39, 0.29) is 24.0 Å². The molecule has 2 aromatic rings. The molecule has 0 fully saturated rings. The van der Waals surface area contributed by atoms with Gasteiger partial charge in [0.2, 0.25) is 17.7 Å². The number of hydrogen-bond acceptors (Lipinski definition) is 5. The number of aromatic hydroxyl groups is 1. The van der Waals surface area contributed by atoms with E-state index in [0.717, 1.165) is 23.2 Å². The number of nitrogens with two attached hydrogens (primary N) is 1. The number of phenolic OH excluding ortho intramolecular Hbond substituents is 1. The van der Waals surface area contributed by atoms with Crippen LogP contribution in [0.2, 0.25) is 0 Å². The molecule has 196 valence electrons. The maximum absolute atomic E-state index is 13.1. The zero-order chi connectivity index (χ0) is 26.7. The Morgan fingerprint density at radius 3 is 2.36 bits per heavy atom. The second-order valence-corrected chi connectivity index (χ2v) is 9.62. The molecule has 2 rings (SSSR count). The number of phenols is 1. The molecule has 5 N–H and O–H groups in total. The Bertz CT molecular complexity index is 1010. The highest BCUT2D eigenvalue weighted by Crippen LogP contribution is 2.22. The number of hydrogen-bond donors (Lipinski definition) is 4. The molecule has 0 saturated carbocycles. The van der Waals surface area contributed by atoms with E-state index < -0.39 is 18.0 Å². The van der Waals surface area contributed by atoms with Gasteiger partial charge in [-0.15, -0.1) is 0 Å². The van der Waals surface area contributed by atoms with E-state index in [1.165, 1.54) is 17.0 Å². The molecule has 0 aliphatic carbocycles. The summed E-state index contributed by atoms with van der Waals surface area (Å²) >= 11 is 0. The van der Waals surface area contributed by atoms with Crippen LogP contribution in [0.25, 0.3) is 0 Å². The minimum Gasteiger partial charge on any atom is -0.508 e. The Morgan fingerprint density at radius 1 is 1.03 bits per heavy atom. The minimum atomic E-state index is -0.825. The first-order chi connectivity index (χ1) is 17.1. The number of amides is 3. The van der Waals surface area contributed by atoms with Gasteiger partial charge in [0.05, 0.1) is 6.04 Å². The van der Waals surface area contributed by atoms with Crippen LogP contribution in [0.5, 0.6) is 5.75 Å². The third-order valence-corrected chi connectivity index (χ3v) is 6.04. The number of benzene rings is 2. The number of para-hydroxylation sites is 1. The van der Waals surface area contributed by atoms with Crippen LogP contribution in [0.3, 0.4) is 0 Å². The second kappa shape index (κ2) is 14.2. The van der Waals surface area contributed by atoms with Crippen LogP contribution in [0.4, 0.5) is 5.69 Å². The highest BCUT2D eigenvalue weighted by atomic mass is 16.3. The van der Waals surface area contributed by atoms with Gasteiger partial charge in [-0.3, -0.25) is 14.4 Å². The molecule has 0 aromatic heterocycles. The molecule has 0 aliphatic heterocycles. The number of anilines is 1. The first kappa shape index (κ1) is 28.8. The largest absolute Gasteiger partial charge is 0.508 e. The number of carbonyl (C=O) groups excluding carboxylic acids is 3. The summed E-state index contributed by atoms with van der Waals surface area (Å²) in [7, 11) is 1.68. The lowest BCUT2D eigenvalue weighted by Gasteiger charge is -2.25. The molecule has 3 amide bonds. The number of nitrogens with zero attached hydrogens (tertiary/aromatic N) is 1. The van der Waals surface area contributed by atoms with Crippen LogP contribution in [0, 0.1) is 5.92 Å². The number of rotatable bonds is 13. The molecule has 0 unspecified atom stereocenters. The van der Waals surface area contributed by atoms with Crippen molar-refractivity contribution in [3.8, 4) is 5.75 Å². The summed E-state index contributed by atoms with van der Waals surface area (Å²) in [6.07, 6.45) is 3.00. The lowest BCUT2D eigenvalue weighted by atomic mass is 10.0. The third-order valence-electron chi connectivity index (χ3n) is 6.04. The van der Waals surface area contributed by atoms with Gasteiger partial charge in [-0.1, -0.05) is 44.2 Å². The van der Waals surface area contributed by atoms with Crippen molar-refractivity contribution in [3.63, 3.8) is 0 Å². The predicted octanol–water partition coefficient (Wildman–Crippen LogP) is 2.91. The highest BCUT2D eigenvalue weighted by molar-refractivity contribution is 5.99. The molecule has 0 heterocycles.